The fourth-order valence-electron chi connectivity index (χ4n) is 1.14. The van der Waals surface area contributed by atoms with Gasteiger partial charge >= 0.3 is 0 Å². The highest BCUT2D eigenvalue weighted by molar-refractivity contribution is 9.10. The third-order valence-electron chi connectivity index (χ3n) is 1.97. The van der Waals surface area contributed by atoms with Crippen LogP contribution in [0.1, 0.15) is 17.2 Å². The summed E-state index contributed by atoms with van der Waals surface area (Å²) >= 11 is 3.08. The molecule has 0 unspecified atom stereocenters. The molecule has 3 N–H and O–H groups in total. The van der Waals surface area contributed by atoms with Gasteiger partial charge < -0.3 is 10.8 Å². The first-order valence-corrected chi connectivity index (χ1v) is 4.76. The summed E-state index contributed by atoms with van der Waals surface area (Å²) in [5, 5.41) is 9.55. The first-order chi connectivity index (χ1) is 6.45. The first kappa shape index (κ1) is 14.6. The fraction of sp³-hybridized carbons (Fsp3) is 0.333. The molecule has 0 bridgehead atoms. The standard InChI is InChI=1S/C9H10BrF2NO.ClH/c1-4-2-3-5(10)6(8(4)14)7(13)9(11)12;/h2-3,7,9,14H,13H2,1H3;1H/t7-;/m0./s1. The van der Waals surface area contributed by atoms with Crippen LogP contribution in [-0.4, -0.2) is 11.5 Å². The molecule has 1 aromatic rings. The topological polar surface area (TPSA) is 46.2 Å². The van der Waals surface area contributed by atoms with Crippen molar-refractivity contribution >= 4 is 28.3 Å². The van der Waals surface area contributed by atoms with E-state index in [0.717, 1.165) is 0 Å². The summed E-state index contributed by atoms with van der Waals surface area (Å²) in [5.74, 6) is -0.174. The van der Waals surface area contributed by atoms with Gasteiger partial charge in [-0.15, -0.1) is 12.4 Å². The Morgan fingerprint density at radius 2 is 1.93 bits per heavy atom. The maximum absolute atomic E-state index is 12.3. The van der Waals surface area contributed by atoms with Gasteiger partial charge in [0.2, 0.25) is 0 Å². The molecule has 0 fully saturated rings. The van der Waals surface area contributed by atoms with Crippen molar-refractivity contribution in [3.63, 3.8) is 0 Å². The van der Waals surface area contributed by atoms with E-state index < -0.39 is 12.5 Å². The van der Waals surface area contributed by atoms with Crippen molar-refractivity contribution in [2.75, 3.05) is 0 Å². The number of phenols is 1. The van der Waals surface area contributed by atoms with Gasteiger partial charge in [-0.05, 0) is 18.6 Å². The number of nitrogens with two attached hydrogens (primary N) is 1. The van der Waals surface area contributed by atoms with Gasteiger partial charge in [0.25, 0.3) is 6.43 Å². The molecule has 1 atom stereocenters. The maximum atomic E-state index is 12.3. The van der Waals surface area contributed by atoms with Crippen LogP contribution in [0.5, 0.6) is 5.75 Å². The third-order valence-corrected chi connectivity index (χ3v) is 2.66. The minimum Gasteiger partial charge on any atom is -0.507 e. The summed E-state index contributed by atoms with van der Waals surface area (Å²) in [6.45, 7) is 1.63. The van der Waals surface area contributed by atoms with E-state index >= 15 is 0 Å². The fourth-order valence-corrected chi connectivity index (χ4v) is 1.72. The number of hydrogen-bond donors (Lipinski definition) is 2. The summed E-state index contributed by atoms with van der Waals surface area (Å²) < 4.78 is 25.1. The molecule has 0 aromatic heterocycles. The summed E-state index contributed by atoms with van der Waals surface area (Å²) in [5.41, 5.74) is 5.85. The van der Waals surface area contributed by atoms with E-state index in [1.165, 1.54) is 0 Å². The maximum Gasteiger partial charge on any atom is 0.257 e. The van der Waals surface area contributed by atoms with Gasteiger partial charge in [0.1, 0.15) is 5.75 Å². The number of aromatic hydroxyl groups is 1. The Morgan fingerprint density at radius 1 is 1.40 bits per heavy atom. The minimum absolute atomic E-state index is 0. The molecule has 0 spiro atoms. The molecule has 0 aliphatic rings. The molecule has 15 heavy (non-hydrogen) atoms. The Labute approximate surface area is 101 Å². The molecule has 6 heteroatoms. The summed E-state index contributed by atoms with van der Waals surface area (Å²) in [6, 6.07) is 1.75. The average molecular weight is 303 g/mol. The quantitative estimate of drug-likeness (QED) is 0.881. The lowest BCUT2D eigenvalue weighted by Crippen LogP contribution is -2.19. The van der Waals surface area contributed by atoms with E-state index in [0.29, 0.717) is 10.0 Å². The van der Waals surface area contributed by atoms with Crippen molar-refractivity contribution in [2.45, 2.75) is 19.4 Å². The number of benzene rings is 1. The molecule has 0 amide bonds. The molecule has 0 heterocycles. The van der Waals surface area contributed by atoms with Crippen molar-refractivity contribution in [2.24, 2.45) is 5.73 Å². The largest absolute Gasteiger partial charge is 0.507 e. The molecule has 2 nitrogen and oxygen atoms in total. The van der Waals surface area contributed by atoms with Crippen molar-refractivity contribution in [3.8, 4) is 5.75 Å². The van der Waals surface area contributed by atoms with Crippen LogP contribution in [0, 0.1) is 6.92 Å². The van der Waals surface area contributed by atoms with Crippen LogP contribution in [0.15, 0.2) is 16.6 Å². The van der Waals surface area contributed by atoms with Crippen molar-refractivity contribution < 1.29 is 13.9 Å². The van der Waals surface area contributed by atoms with Crippen LogP contribution in [-0.2, 0) is 0 Å². The number of rotatable bonds is 2. The van der Waals surface area contributed by atoms with E-state index in [-0.39, 0.29) is 23.7 Å². The minimum atomic E-state index is -2.70. The Balaban J connectivity index is 0.00000196. The third kappa shape index (κ3) is 3.03. The van der Waals surface area contributed by atoms with Crippen LogP contribution in [0.4, 0.5) is 8.78 Å². The average Bonchev–Trinajstić information content (AvgIpc) is 2.12. The van der Waals surface area contributed by atoms with Gasteiger partial charge in [-0.2, -0.15) is 0 Å². The van der Waals surface area contributed by atoms with E-state index in [9.17, 15) is 13.9 Å². The second-order valence-electron chi connectivity index (χ2n) is 2.99. The second-order valence-corrected chi connectivity index (χ2v) is 3.84. The highest BCUT2D eigenvalue weighted by Crippen LogP contribution is 2.35. The highest BCUT2D eigenvalue weighted by Gasteiger charge is 2.23. The first-order valence-electron chi connectivity index (χ1n) is 3.97. The Kier molecular flexibility index (Phi) is 5.48. The molecule has 0 saturated heterocycles. The lowest BCUT2D eigenvalue weighted by Gasteiger charge is -2.15. The van der Waals surface area contributed by atoms with E-state index in [1.54, 1.807) is 19.1 Å². The van der Waals surface area contributed by atoms with Gasteiger partial charge in [-0.1, -0.05) is 22.0 Å². The Morgan fingerprint density at radius 3 is 2.40 bits per heavy atom. The SMILES string of the molecule is Cc1ccc(Br)c([C@H](N)C(F)F)c1O.Cl. The number of halogens is 4. The van der Waals surface area contributed by atoms with Crippen LogP contribution < -0.4 is 5.73 Å². The van der Waals surface area contributed by atoms with E-state index in [1.807, 2.05) is 0 Å². The smallest absolute Gasteiger partial charge is 0.257 e. The predicted molar refractivity (Wildman–Crippen MR) is 60.7 cm³/mol. The molecule has 0 radical (unpaired) electrons. The van der Waals surface area contributed by atoms with Crippen LogP contribution in [0.25, 0.3) is 0 Å². The molecule has 0 aliphatic heterocycles. The summed E-state index contributed by atoms with van der Waals surface area (Å²) in [7, 11) is 0. The Bertz CT molecular complexity index is 349. The van der Waals surface area contributed by atoms with E-state index in [4.69, 9.17) is 5.73 Å². The monoisotopic (exact) mass is 301 g/mol. The van der Waals surface area contributed by atoms with Gasteiger partial charge in [0, 0.05) is 10.0 Å². The normalized spacial score (nSPS) is 12.4. The summed E-state index contributed by atoms with van der Waals surface area (Å²) in [4.78, 5) is 0. The van der Waals surface area contributed by atoms with Crippen molar-refractivity contribution in [3.05, 3.63) is 27.7 Å². The predicted octanol–water partition coefficient (Wildman–Crippen LogP) is 3.15. The zero-order valence-corrected chi connectivity index (χ0v) is 10.3. The zero-order valence-electron chi connectivity index (χ0n) is 7.88. The number of hydrogen-bond acceptors (Lipinski definition) is 2. The van der Waals surface area contributed by atoms with Gasteiger partial charge in [-0.3, -0.25) is 0 Å². The number of aryl methyl sites for hydroxylation is 1. The van der Waals surface area contributed by atoms with Crippen LogP contribution in [0.2, 0.25) is 0 Å². The molecular weight excluding hydrogens is 291 g/mol. The molecule has 0 saturated carbocycles. The molecule has 86 valence electrons. The molecule has 0 aliphatic carbocycles. The van der Waals surface area contributed by atoms with E-state index in [2.05, 4.69) is 15.9 Å². The Hall–Kier alpha value is -0.390. The second kappa shape index (κ2) is 5.63. The van der Waals surface area contributed by atoms with Crippen LogP contribution >= 0.6 is 28.3 Å². The zero-order chi connectivity index (χ0) is 10.9. The molecule has 1 rings (SSSR count). The van der Waals surface area contributed by atoms with Gasteiger partial charge in [0.15, 0.2) is 0 Å². The van der Waals surface area contributed by atoms with Crippen molar-refractivity contribution in [1.82, 2.24) is 0 Å². The lowest BCUT2D eigenvalue weighted by molar-refractivity contribution is 0.115. The lowest BCUT2D eigenvalue weighted by atomic mass is 10.0. The van der Waals surface area contributed by atoms with Gasteiger partial charge in [-0.25, -0.2) is 8.78 Å². The molecule has 1 aromatic carbocycles. The van der Waals surface area contributed by atoms with Gasteiger partial charge in [0.05, 0.1) is 6.04 Å². The van der Waals surface area contributed by atoms with Crippen LogP contribution in [0.3, 0.4) is 0 Å². The number of phenolic OH excluding ortho intramolecular Hbond substituents is 1. The summed E-state index contributed by atoms with van der Waals surface area (Å²) in [6.07, 6.45) is -2.70. The highest BCUT2D eigenvalue weighted by atomic mass is 79.9. The van der Waals surface area contributed by atoms with Crippen molar-refractivity contribution in [1.29, 1.82) is 0 Å². The molecular formula is C9H11BrClF2NO. The number of alkyl halides is 2.